The number of carbonyl (C=O) groups is 2. The fourth-order valence-electron chi connectivity index (χ4n) is 3.80. The van der Waals surface area contributed by atoms with Gasteiger partial charge in [0, 0.05) is 49.0 Å². The monoisotopic (exact) mass is 538 g/mol. The largest absolute Gasteiger partial charge is 0.355 e. The fraction of sp³-hybridized carbons (Fsp3) is 0.500. The Morgan fingerprint density at radius 1 is 1.14 bits per heavy atom. The van der Waals surface area contributed by atoms with Crippen molar-refractivity contribution >= 4 is 58.4 Å². The van der Waals surface area contributed by atoms with Crippen LogP contribution in [0.1, 0.15) is 39.5 Å². The van der Waals surface area contributed by atoms with Gasteiger partial charge in [-0.2, -0.15) is 0 Å². The number of urea groups is 1. The molecule has 2 aromatic rings. The van der Waals surface area contributed by atoms with E-state index in [1.165, 1.54) is 24.6 Å². The molecule has 0 spiro atoms. The van der Waals surface area contributed by atoms with Gasteiger partial charge in [0.05, 0.1) is 5.75 Å². The van der Waals surface area contributed by atoms with Gasteiger partial charge in [-0.25, -0.2) is 14.8 Å². The first-order chi connectivity index (χ1) is 16.9. The van der Waals surface area contributed by atoms with Gasteiger partial charge in [0.1, 0.15) is 11.0 Å². The van der Waals surface area contributed by atoms with Crippen LogP contribution in [-0.2, 0) is 4.79 Å². The normalized spacial score (nSPS) is 15.7. The summed E-state index contributed by atoms with van der Waals surface area (Å²) >= 11 is 13.5. The molecule has 3 rings (SSSR count). The summed E-state index contributed by atoms with van der Waals surface area (Å²) in [6.07, 6.45) is 4.47. The number of hydrogen-bond donors (Lipinski definition) is 2. The van der Waals surface area contributed by atoms with E-state index in [0.29, 0.717) is 53.0 Å². The van der Waals surface area contributed by atoms with Crippen molar-refractivity contribution in [3.63, 3.8) is 0 Å². The van der Waals surface area contributed by atoms with Crippen molar-refractivity contribution in [2.24, 2.45) is 0 Å². The number of hydrogen-bond acceptors (Lipinski definition) is 6. The van der Waals surface area contributed by atoms with Crippen molar-refractivity contribution < 1.29 is 9.59 Å². The Morgan fingerprint density at radius 2 is 1.97 bits per heavy atom. The van der Waals surface area contributed by atoms with Crippen molar-refractivity contribution in [3.05, 3.63) is 40.5 Å². The summed E-state index contributed by atoms with van der Waals surface area (Å²) < 4.78 is 0. The molecule has 0 radical (unpaired) electrons. The summed E-state index contributed by atoms with van der Waals surface area (Å²) in [5, 5.41) is 7.19. The van der Waals surface area contributed by atoms with Crippen LogP contribution in [0.3, 0.4) is 0 Å². The van der Waals surface area contributed by atoms with Gasteiger partial charge in [0.25, 0.3) is 0 Å². The van der Waals surface area contributed by atoms with Gasteiger partial charge in [0.2, 0.25) is 5.91 Å². The maximum atomic E-state index is 12.8. The van der Waals surface area contributed by atoms with Crippen molar-refractivity contribution in [2.45, 2.75) is 50.7 Å². The molecular weight excluding hydrogens is 507 g/mol. The number of benzene rings is 1. The molecule has 1 aromatic carbocycles. The van der Waals surface area contributed by atoms with E-state index in [-0.39, 0.29) is 23.7 Å². The number of unbranched alkanes of at least 4 members (excludes halogenated alkanes) is 3. The molecule has 35 heavy (non-hydrogen) atoms. The van der Waals surface area contributed by atoms with Crippen LogP contribution in [0.15, 0.2) is 35.5 Å². The molecule has 1 atom stereocenters. The number of piperazine rings is 1. The predicted molar refractivity (Wildman–Crippen MR) is 144 cm³/mol. The maximum Gasteiger partial charge on any atom is 0.322 e. The average Bonchev–Trinajstić information content (AvgIpc) is 2.82. The lowest BCUT2D eigenvalue weighted by atomic mass is 10.2. The van der Waals surface area contributed by atoms with Crippen LogP contribution in [0.2, 0.25) is 10.2 Å². The maximum absolute atomic E-state index is 12.8. The Bertz CT molecular complexity index is 1010. The number of thioether (sulfide) groups is 1. The van der Waals surface area contributed by atoms with E-state index in [2.05, 4.69) is 32.4 Å². The summed E-state index contributed by atoms with van der Waals surface area (Å²) in [5.41, 5.74) is 0.659. The minimum atomic E-state index is -0.169. The van der Waals surface area contributed by atoms with Crippen LogP contribution in [0, 0.1) is 0 Å². The second kappa shape index (κ2) is 13.8. The molecule has 0 saturated carbocycles. The zero-order valence-electron chi connectivity index (χ0n) is 20.1. The second-order valence-electron chi connectivity index (χ2n) is 8.46. The third-order valence-electron chi connectivity index (χ3n) is 5.63. The zero-order valence-corrected chi connectivity index (χ0v) is 22.4. The van der Waals surface area contributed by atoms with Gasteiger partial charge >= 0.3 is 6.03 Å². The van der Waals surface area contributed by atoms with Gasteiger partial charge in [-0.05, 0) is 31.5 Å². The van der Waals surface area contributed by atoms with Crippen molar-refractivity contribution in [3.8, 4) is 0 Å². The molecule has 0 bridgehead atoms. The highest BCUT2D eigenvalue weighted by Crippen LogP contribution is 2.24. The van der Waals surface area contributed by atoms with Crippen LogP contribution in [0.5, 0.6) is 0 Å². The third kappa shape index (κ3) is 8.74. The molecular formula is C24H32Cl2N6O2S. The number of nitrogens with zero attached hydrogens (tertiary/aromatic N) is 4. The summed E-state index contributed by atoms with van der Waals surface area (Å²) in [7, 11) is 0. The number of nitrogens with one attached hydrogen (secondary N) is 2. The second-order valence-corrected chi connectivity index (χ2v) is 10.2. The summed E-state index contributed by atoms with van der Waals surface area (Å²) in [4.78, 5) is 37.7. The smallest absolute Gasteiger partial charge is 0.322 e. The van der Waals surface area contributed by atoms with E-state index in [9.17, 15) is 9.59 Å². The van der Waals surface area contributed by atoms with Crippen molar-refractivity contribution in [1.82, 2.24) is 20.2 Å². The Kier molecular flexibility index (Phi) is 10.7. The summed E-state index contributed by atoms with van der Waals surface area (Å²) in [6, 6.07) is 8.58. The Labute approximate surface area is 221 Å². The van der Waals surface area contributed by atoms with Gasteiger partial charge in [0.15, 0.2) is 5.16 Å². The van der Waals surface area contributed by atoms with Gasteiger partial charge < -0.3 is 20.4 Å². The predicted octanol–water partition coefficient (Wildman–Crippen LogP) is 5.31. The van der Waals surface area contributed by atoms with E-state index in [0.717, 1.165) is 12.8 Å². The molecule has 1 aliphatic rings. The quantitative estimate of drug-likeness (QED) is 0.184. The van der Waals surface area contributed by atoms with Crippen LogP contribution in [-0.4, -0.2) is 64.8 Å². The first-order valence-corrected chi connectivity index (χ1v) is 13.6. The average molecular weight is 540 g/mol. The van der Waals surface area contributed by atoms with Crippen molar-refractivity contribution in [2.75, 3.05) is 42.1 Å². The Morgan fingerprint density at radius 3 is 2.71 bits per heavy atom. The molecule has 0 aliphatic carbocycles. The summed E-state index contributed by atoms with van der Waals surface area (Å²) in [6.45, 7) is 6.56. The van der Waals surface area contributed by atoms with E-state index in [1.54, 1.807) is 35.2 Å². The first kappa shape index (κ1) is 27.4. The SMILES string of the molecule is CCCCCCNC(=O)CSc1nc(Cl)cc(N2CCN(C(=O)Nc3cccc(Cl)c3)C(C)C2)n1. The van der Waals surface area contributed by atoms with E-state index >= 15 is 0 Å². The topological polar surface area (TPSA) is 90.5 Å². The van der Waals surface area contributed by atoms with E-state index < -0.39 is 0 Å². The van der Waals surface area contributed by atoms with Crippen LogP contribution in [0.25, 0.3) is 0 Å². The van der Waals surface area contributed by atoms with E-state index in [1.807, 2.05) is 6.92 Å². The first-order valence-electron chi connectivity index (χ1n) is 11.9. The molecule has 3 amide bonds. The molecule has 1 fully saturated rings. The lowest BCUT2D eigenvalue weighted by Gasteiger charge is -2.40. The van der Waals surface area contributed by atoms with Crippen molar-refractivity contribution in [1.29, 1.82) is 0 Å². The number of rotatable bonds is 10. The molecule has 1 aliphatic heterocycles. The highest BCUT2D eigenvalue weighted by molar-refractivity contribution is 7.99. The highest BCUT2D eigenvalue weighted by atomic mass is 35.5. The number of halogens is 2. The molecule has 1 saturated heterocycles. The van der Waals surface area contributed by atoms with Gasteiger partial charge in [-0.15, -0.1) is 0 Å². The third-order valence-corrected chi connectivity index (χ3v) is 6.91. The number of anilines is 2. The molecule has 8 nitrogen and oxygen atoms in total. The minimum Gasteiger partial charge on any atom is -0.355 e. The molecule has 2 heterocycles. The fourth-order valence-corrected chi connectivity index (χ4v) is 4.90. The van der Waals surface area contributed by atoms with Crippen LogP contribution in [0.4, 0.5) is 16.3 Å². The minimum absolute atomic E-state index is 0.0374. The van der Waals surface area contributed by atoms with Crippen LogP contribution < -0.4 is 15.5 Å². The van der Waals surface area contributed by atoms with Gasteiger partial charge in [-0.1, -0.05) is 67.2 Å². The highest BCUT2D eigenvalue weighted by Gasteiger charge is 2.28. The Hall–Kier alpha value is -2.23. The number of aromatic nitrogens is 2. The lowest BCUT2D eigenvalue weighted by molar-refractivity contribution is -0.118. The molecule has 1 unspecified atom stereocenters. The molecule has 11 heteroatoms. The molecule has 190 valence electrons. The lowest BCUT2D eigenvalue weighted by Crippen LogP contribution is -2.55. The van der Waals surface area contributed by atoms with Crippen LogP contribution >= 0.6 is 35.0 Å². The number of amides is 3. The standard InChI is InChI=1S/C24H32Cl2N6O2S/c1-3-4-5-6-10-27-22(33)16-35-23-29-20(26)14-21(30-23)31-11-12-32(17(2)15-31)24(34)28-19-9-7-8-18(25)13-19/h7-9,13-14,17H,3-6,10-12,15-16H2,1-2H3,(H,27,33)(H,28,34). The van der Waals surface area contributed by atoms with Gasteiger partial charge in [-0.3, -0.25) is 4.79 Å². The Balaban J connectivity index is 1.52. The summed E-state index contributed by atoms with van der Waals surface area (Å²) in [5.74, 6) is 0.889. The zero-order chi connectivity index (χ0) is 25.2. The molecule has 1 aromatic heterocycles. The van der Waals surface area contributed by atoms with E-state index in [4.69, 9.17) is 23.2 Å². The number of carbonyl (C=O) groups excluding carboxylic acids is 2. The molecule has 2 N–H and O–H groups in total.